The second-order valence-electron chi connectivity index (χ2n) is 4.96. The summed E-state index contributed by atoms with van der Waals surface area (Å²) in [6.45, 7) is 1.24. The predicted octanol–water partition coefficient (Wildman–Crippen LogP) is 1.40. The summed E-state index contributed by atoms with van der Waals surface area (Å²) in [6, 6.07) is 8.61. The number of rotatable bonds is 6. The van der Waals surface area contributed by atoms with Gasteiger partial charge in [0.2, 0.25) is 0 Å². The molecular formula is C15H16N2O4. The number of hydrogen-bond donors (Lipinski definition) is 1. The fourth-order valence-corrected chi connectivity index (χ4v) is 2.06. The lowest BCUT2D eigenvalue weighted by Gasteiger charge is -2.24. The van der Waals surface area contributed by atoms with E-state index >= 15 is 0 Å². The zero-order valence-electron chi connectivity index (χ0n) is 11.7. The molecule has 1 amide bonds. The molecule has 1 atom stereocenters. The molecule has 0 aromatic heterocycles. The summed E-state index contributed by atoms with van der Waals surface area (Å²) >= 11 is 0. The minimum Gasteiger partial charge on any atom is -0.480 e. The maximum atomic E-state index is 12.3. The van der Waals surface area contributed by atoms with Crippen molar-refractivity contribution in [1.82, 2.24) is 4.90 Å². The molecule has 0 aliphatic heterocycles. The Labute approximate surface area is 122 Å². The summed E-state index contributed by atoms with van der Waals surface area (Å²) in [5.74, 6) is -1.08. The van der Waals surface area contributed by atoms with Crippen LogP contribution in [0.4, 0.5) is 0 Å². The number of carboxylic acid groups (broad SMARTS) is 1. The third-order valence-corrected chi connectivity index (χ3v) is 3.24. The molecule has 0 spiro atoms. The van der Waals surface area contributed by atoms with Crippen LogP contribution in [-0.4, -0.2) is 40.6 Å². The van der Waals surface area contributed by atoms with Gasteiger partial charge in [0, 0.05) is 6.04 Å². The Kier molecular flexibility index (Phi) is 4.43. The summed E-state index contributed by atoms with van der Waals surface area (Å²) in [4.78, 5) is 24.5. The largest absolute Gasteiger partial charge is 0.480 e. The lowest BCUT2D eigenvalue weighted by molar-refractivity contribution is -0.148. The van der Waals surface area contributed by atoms with E-state index in [2.05, 4.69) is 0 Å². The van der Waals surface area contributed by atoms with Gasteiger partial charge in [-0.15, -0.1) is 0 Å². The van der Waals surface area contributed by atoms with Crippen molar-refractivity contribution in [2.75, 3.05) is 6.54 Å². The van der Waals surface area contributed by atoms with E-state index < -0.39 is 12.1 Å². The van der Waals surface area contributed by atoms with Crippen LogP contribution in [0.15, 0.2) is 24.3 Å². The zero-order chi connectivity index (χ0) is 15.4. The topological polar surface area (TPSA) is 90.6 Å². The van der Waals surface area contributed by atoms with Crippen LogP contribution in [0.5, 0.6) is 5.75 Å². The zero-order valence-corrected chi connectivity index (χ0v) is 11.7. The van der Waals surface area contributed by atoms with Crippen LogP contribution in [0, 0.1) is 11.3 Å². The van der Waals surface area contributed by atoms with Crippen molar-refractivity contribution in [3.8, 4) is 11.8 Å². The molecule has 21 heavy (non-hydrogen) atoms. The van der Waals surface area contributed by atoms with Gasteiger partial charge in [-0.1, -0.05) is 12.1 Å². The summed E-state index contributed by atoms with van der Waals surface area (Å²) in [5, 5.41) is 17.9. The van der Waals surface area contributed by atoms with Crippen LogP contribution in [-0.2, 0) is 9.59 Å². The van der Waals surface area contributed by atoms with Gasteiger partial charge in [0.15, 0.2) is 6.10 Å². The second kappa shape index (κ2) is 6.27. The van der Waals surface area contributed by atoms with E-state index in [4.69, 9.17) is 15.1 Å². The summed E-state index contributed by atoms with van der Waals surface area (Å²) in [7, 11) is 0. The highest BCUT2D eigenvalue weighted by Gasteiger charge is 2.36. The molecule has 6 nitrogen and oxygen atoms in total. The van der Waals surface area contributed by atoms with Gasteiger partial charge < -0.3 is 14.7 Å². The Hall–Kier alpha value is -2.55. The van der Waals surface area contributed by atoms with E-state index in [1.807, 2.05) is 6.07 Å². The van der Waals surface area contributed by atoms with E-state index in [0.717, 1.165) is 12.8 Å². The van der Waals surface area contributed by atoms with Crippen LogP contribution in [0.3, 0.4) is 0 Å². The highest BCUT2D eigenvalue weighted by atomic mass is 16.5. The molecule has 6 heteroatoms. The first kappa shape index (κ1) is 14.9. The summed E-state index contributed by atoms with van der Waals surface area (Å²) < 4.78 is 5.53. The van der Waals surface area contributed by atoms with Crippen LogP contribution in [0.2, 0.25) is 0 Å². The Bertz CT molecular complexity index is 590. The van der Waals surface area contributed by atoms with E-state index in [0.29, 0.717) is 11.3 Å². The molecule has 0 bridgehead atoms. The van der Waals surface area contributed by atoms with Gasteiger partial charge in [0.1, 0.15) is 18.4 Å². The molecule has 1 N–H and O–H groups in total. The number of benzene rings is 1. The third-order valence-electron chi connectivity index (χ3n) is 3.24. The Morgan fingerprint density at radius 2 is 2.14 bits per heavy atom. The fraction of sp³-hybridized carbons (Fsp3) is 0.400. The number of nitriles is 1. The van der Waals surface area contributed by atoms with Crippen LogP contribution in [0.1, 0.15) is 25.3 Å². The van der Waals surface area contributed by atoms with E-state index in [1.54, 1.807) is 31.2 Å². The van der Waals surface area contributed by atoms with E-state index in [-0.39, 0.29) is 18.5 Å². The molecule has 0 unspecified atom stereocenters. The van der Waals surface area contributed by atoms with Crippen molar-refractivity contribution >= 4 is 11.9 Å². The molecule has 1 aliphatic rings. The average Bonchev–Trinajstić information content (AvgIpc) is 3.29. The molecule has 2 rings (SSSR count). The van der Waals surface area contributed by atoms with Gasteiger partial charge in [-0.2, -0.15) is 5.26 Å². The first-order chi connectivity index (χ1) is 10.0. The highest BCUT2D eigenvalue weighted by molar-refractivity contribution is 5.85. The predicted molar refractivity (Wildman–Crippen MR) is 73.6 cm³/mol. The molecule has 1 aromatic rings. The van der Waals surface area contributed by atoms with Gasteiger partial charge in [-0.3, -0.25) is 9.59 Å². The minimum absolute atomic E-state index is 0.00846. The molecule has 1 aliphatic carbocycles. The Balaban J connectivity index is 2.08. The Morgan fingerprint density at radius 3 is 2.71 bits per heavy atom. The molecular weight excluding hydrogens is 272 g/mol. The maximum absolute atomic E-state index is 12.3. The number of hydrogen-bond acceptors (Lipinski definition) is 4. The number of amides is 1. The summed E-state index contributed by atoms with van der Waals surface area (Å²) in [5.41, 5.74) is 0.341. The van der Waals surface area contributed by atoms with Crippen molar-refractivity contribution in [1.29, 1.82) is 5.26 Å². The number of ether oxygens (including phenoxy) is 1. The minimum atomic E-state index is -1.04. The lowest BCUT2D eigenvalue weighted by atomic mass is 10.2. The van der Waals surface area contributed by atoms with Crippen molar-refractivity contribution in [2.45, 2.75) is 31.9 Å². The molecule has 0 radical (unpaired) electrons. The van der Waals surface area contributed by atoms with Gasteiger partial charge in [0.25, 0.3) is 5.91 Å². The number of aliphatic carboxylic acids is 1. The van der Waals surface area contributed by atoms with Crippen molar-refractivity contribution in [3.63, 3.8) is 0 Å². The third kappa shape index (κ3) is 3.72. The van der Waals surface area contributed by atoms with E-state index in [9.17, 15) is 9.59 Å². The van der Waals surface area contributed by atoms with Crippen molar-refractivity contribution in [2.24, 2.45) is 0 Å². The van der Waals surface area contributed by atoms with Gasteiger partial charge in [-0.05, 0) is 31.9 Å². The molecule has 1 saturated carbocycles. The number of nitrogens with zero attached hydrogens (tertiary/aromatic N) is 2. The molecule has 1 aromatic carbocycles. The van der Waals surface area contributed by atoms with Gasteiger partial charge in [0.05, 0.1) is 5.56 Å². The SMILES string of the molecule is C[C@@H](Oc1ccccc1C#N)C(=O)N(CC(=O)O)C1CC1. The quantitative estimate of drug-likeness (QED) is 0.854. The van der Waals surface area contributed by atoms with Crippen molar-refractivity contribution in [3.05, 3.63) is 29.8 Å². The highest BCUT2D eigenvalue weighted by Crippen LogP contribution is 2.28. The van der Waals surface area contributed by atoms with Crippen LogP contribution < -0.4 is 4.74 Å². The second-order valence-corrected chi connectivity index (χ2v) is 4.96. The Morgan fingerprint density at radius 1 is 1.48 bits per heavy atom. The maximum Gasteiger partial charge on any atom is 0.323 e. The molecule has 110 valence electrons. The number of carbonyl (C=O) groups is 2. The number of carbonyl (C=O) groups excluding carboxylic acids is 1. The lowest BCUT2D eigenvalue weighted by Crippen LogP contribution is -2.44. The van der Waals surface area contributed by atoms with Gasteiger partial charge >= 0.3 is 5.97 Å². The number of para-hydroxylation sites is 1. The molecule has 1 fully saturated rings. The van der Waals surface area contributed by atoms with Crippen LogP contribution >= 0.6 is 0 Å². The molecule has 0 saturated heterocycles. The van der Waals surface area contributed by atoms with Crippen molar-refractivity contribution < 1.29 is 19.4 Å². The standard InChI is InChI=1S/C15H16N2O4/c1-10(21-13-5-3-2-4-11(13)8-16)15(20)17(9-14(18)19)12-6-7-12/h2-5,10,12H,6-7,9H2,1H3,(H,18,19)/t10-/m1/s1. The van der Waals surface area contributed by atoms with Crippen LogP contribution in [0.25, 0.3) is 0 Å². The normalized spacial score (nSPS) is 14.9. The van der Waals surface area contributed by atoms with E-state index in [1.165, 1.54) is 4.90 Å². The smallest absolute Gasteiger partial charge is 0.323 e. The monoisotopic (exact) mass is 288 g/mol. The molecule has 0 heterocycles. The number of carboxylic acids is 1. The average molecular weight is 288 g/mol. The summed E-state index contributed by atoms with van der Waals surface area (Å²) in [6.07, 6.45) is 0.806. The fourth-order valence-electron chi connectivity index (χ4n) is 2.06. The van der Waals surface area contributed by atoms with Gasteiger partial charge in [-0.25, -0.2) is 0 Å². The first-order valence-electron chi connectivity index (χ1n) is 6.71. The first-order valence-corrected chi connectivity index (χ1v) is 6.71.